The number of benzene rings is 1. The average molecular weight is 224 g/mol. The number of fused-ring (bicyclic) bond motifs is 1. The van der Waals surface area contributed by atoms with E-state index in [1.807, 2.05) is 12.1 Å². The maximum atomic E-state index is 6.31. The molecule has 1 saturated carbocycles. The summed E-state index contributed by atoms with van der Waals surface area (Å²) in [4.78, 5) is 1.17. The van der Waals surface area contributed by atoms with E-state index in [4.69, 9.17) is 17.3 Å². The van der Waals surface area contributed by atoms with Crippen LogP contribution in [0.3, 0.4) is 0 Å². The van der Waals surface area contributed by atoms with Gasteiger partial charge in [-0.3, -0.25) is 0 Å². The van der Waals surface area contributed by atoms with Gasteiger partial charge < -0.3 is 5.73 Å². The zero-order valence-electron chi connectivity index (χ0n) is 7.59. The summed E-state index contributed by atoms with van der Waals surface area (Å²) < 4.78 is 1.24. The molecular weight excluding hydrogens is 214 g/mol. The predicted octanol–water partition coefficient (Wildman–Crippen LogP) is 3.50. The van der Waals surface area contributed by atoms with E-state index < -0.39 is 0 Å². The van der Waals surface area contributed by atoms with Crippen molar-refractivity contribution in [3.8, 4) is 0 Å². The van der Waals surface area contributed by atoms with E-state index >= 15 is 0 Å². The molecule has 14 heavy (non-hydrogen) atoms. The van der Waals surface area contributed by atoms with Gasteiger partial charge in [-0.15, -0.1) is 11.3 Å². The van der Waals surface area contributed by atoms with Crippen molar-refractivity contribution in [1.82, 2.24) is 0 Å². The van der Waals surface area contributed by atoms with Gasteiger partial charge in [0.25, 0.3) is 0 Å². The highest BCUT2D eigenvalue weighted by atomic mass is 35.5. The molecule has 0 aliphatic heterocycles. The van der Waals surface area contributed by atoms with Gasteiger partial charge in [-0.2, -0.15) is 0 Å². The van der Waals surface area contributed by atoms with E-state index in [0.29, 0.717) is 0 Å². The number of nitrogens with two attached hydrogens (primary N) is 1. The van der Waals surface area contributed by atoms with Crippen molar-refractivity contribution in [2.75, 3.05) is 0 Å². The molecule has 1 aliphatic carbocycles. The lowest BCUT2D eigenvalue weighted by atomic mass is 10.2. The van der Waals surface area contributed by atoms with Crippen LogP contribution < -0.4 is 5.73 Å². The zero-order chi connectivity index (χ0) is 9.76. The van der Waals surface area contributed by atoms with Crippen molar-refractivity contribution >= 4 is 33.0 Å². The second-order valence-corrected chi connectivity index (χ2v) is 5.33. The van der Waals surface area contributed by atoms with Gasteiger partial charge in [0.05, 0.1) is 10.6 Å². The lowest BCUT2D eigenvalue weighted by Gasteiger charge is -2.04. The number of thiophene rings is 1. The molecule has 1 aromatic carbocycles. The van der Waals surface area contributed by atoms with Crippen molar-refractivity contribution in [2.45, 2.75) is 18.4 Å². The molecule has 1 fully saturated rings. The van der Waals surface area contributed by atoms with Crippen LogP contribution in [0.4, 0.5) is 0 Å². The van der Waals surface area contributed by atoms with E-state index in [1.165, 1.54) is 9.58 Å². The second-order valence-electron chi connectivity index (χ2n) is 3.90. The standard InChI is InChI=1S/C11H10ClNS/c12-9-7-3-1-2-4-8(7)14-10(9)11(13)5-6-11/h1-4H,5-6,13H2. The summed E-state index contributed by atoms with van der Waals surface area (Å²) in [7, 11) is 0. The molecule has 1 aliphatic rings. The average Bonchev–Trinajstić information content (AvgIpc) is 2.84. The van der Waals surface area contributed by atoms with Crippen LogP contribution in [-0.2, 0) is 5.54 Å². The Kier molecular flexibility index (Phi) is 1.69. The van der Waals surface area contributed by atoms with E-state index in [-0.39, 0.29) is 5.54 Å². The van der Waals surface area contributed by atoms with Crippen molar-refractivity contribution < 1.29 is 0 Å². The third-order valence-corrected chi connectivity index (χ3v) is 4.67. The van der Waals surface area contributed by atoms with Crippen LogP contribution in [0.5, 0.6) is 0 Å². The molecule has 0 saturated heterocycles. The summed E-state index contributed by atoms with van der Waals surface area (Å²) >= 11 is 8.05. The quantitative estimate of drug-likeness (QED) is 0.787. The Labute approximate surface area is 91.5 Å². The molecule has 3 heteroatoms. The molecular formula is C11H10ClNS. The first-order valence-electron chi connectivity index (χ1n) is 4.67. The van der Waals surface area contributed by atoms with E-state index in [0.717, 1.165) is 23.3 Å². The van der Waals surface area contributed by atoms with Crippen molar-refractivity contribution in [2.24, 2.45) is 5.73 Å². The summed E-state index contributed by atoms with van der Waals surface area (Å²) in [6.07, 6.45) is 2.14. The van der Waals surface area contributed by atoms with Gasteiger partial charge in [0.15, 0.2) is 0 Å². The van der Waals surface area contributed by atoms with Crippen molar-refractivity contribution in [1.29, 1.82) is 0 Å². The van der Waals surface area contributed by atoms with Crippen LogP contribution >= 0.6 is 22.9 Å². The molecule has 2 aromatic rings. The third kappa shape index (κ3) is 1.11. The maximum absolute atomic E-state index is 6.31. The Morgan fingerprint density at radius 1 is 1.29 bits per heavy atom. The fourth-order valence-corrected chi connectivity index (χ4v) is 3.47. The summed E-state index contributed by atoms with van der Waals surface area (Å²) in [6.45, 7) is 0. The Morgan fingerprint density at radius 3 is 2.64 bits per heavy atom. The molecule has 0 amide bonds. The third-order valence-electron chi connectivity index (χ3n) is 2.78. The van der Waals surface area contributed by atoms with E-state index in [2.05, 4.69) is 12.1 Å². The van der Waals surface area contributed by atoms with Crippen LogP contribution in [0.1, 0.15) is 17.7 Å². The molecule has 72 valence electrons. The van der Waals surface area contributed by atoms with E-state index in [1.54, 1.807) is 11.3 Å². The van der Waals surface area contributed by atoms with Crippen LogP contribution in [0.2, 0.25) is 5.02 Å². The predicted molar refractivity (Wildman–Crippen MR) is 61.9 cm³/mol. The van der Waals surface area contributed by atoms with Crippen molar-refractivity contribution in [3.05, 3.63) is 34.2 Å². The van der Waals surface area contributed by atoms with Crippen LogP contribution in [0.25, 0.3) is 10.1 Å². The fourth-order valence-electron chi connectivity index (χ4n) is 1.70. The largest absolute Gasteiger partial charge is 0.321 e. The molecule has 0 unspecified atom stereocenters. The first-order valence-corrected chi connectivity index (χ1v) is 5.86. The summed E-state index contributed by atoms with van der Waals surface area (Å²) in [5.74, 6) is 0. The normalized spacial score (nSPS) is 18.7. The van der Waals surface area contributed by atoms with Gasteiger partial charge in [0, 0.05) is 15.0 Å². The van der Waals surface area contributed by atoms with Gasteiger partial charge in [0.1, 0.15) is 0 Å². The highest BCUT2D eigenvalue weighted by Gasteiger charge is 2.43. The number of rotatable bonds is 1. The van der Waals surface area contributed by atoms with Gasteiger partial charge in [0.2, 0.25) is 0 Å². The molecule has 0 spiro atoms. The Balaban J connectivity index is 2.31. The lowest BCUT2D eigenvalue weighted by molar-refractivity contribution is 0.760. The monoisotopic (exact) mass is 223 g/mol. The molecule has 0 atom stereocenters. The highest BCUT2D eigenvalue weighted by Crippen LogP contribution is 2.51. The fraction of sp³-hybridized carbons (Fsp3) is 0.273. The van der Waals surface area contributed by atoms with Crippen LogP contribution in [0.15, 0.2) is 24.3 Å². The summed E-state index contributed by atoms with van der Waals surface area (Å²) in [6, 6.07) is 8.21. The lowest BCUT2D eigenvalue weighted by Crippen LogP contribution is -2.17. The van der Waals surface area contributed by atoms with Gasteiger partial charge in [-0.05, 0) is 18.9 Å². The number of halogens is 1. The smallest absolute Gasteiger partial charge is 0.0642 e. The number of hydrogen-bond acceptors (Lipinski definition) is 2. The molecule has 0 radical (unpaired) electrons. The first-order chi connectivity index (χ1) is 6.71. The second kappa shape index (κ2) is 2.72. The first kappa shape index (κ1) is 8.72. The minimum atomic E-state index is -0.110. The number of hydrogen-bond donors (Lipinski definition) is 1. The zero-order valence-corrected chi connectivity index (χ0v) is 9.16. The minimum absolute atomic E-state index is 0.110. The van der Waals surface area contributed by atoms with Crippen molar-refractivity contribution in [3.63, 3.8) is 0 Å². The Bertz CT molecular complexity index is 499. The maximum Gasteiger partial charge on any atom is 0.0642 e. The van der Waals surface area contributed by atoms with Gasteiger partial charge >= 0.3 is 0 Å². The van der Waals surface area contributed by atoms with Gasteiger partial charge in [-0.25, -0.2) is 0 Å². The Hall–Kier alpha value is -0.570. The molecule has 0 bridgehead atoms. The van der Waals surface area contributed by atoms with Crippen LogP contribution in [-0.4, -0.2) is 0 Å². The highest BCUT2D eigenvalue weighted by molar-refractivity contribution is 7.20. The molecule has 3 rings (SSSR count). The Morgan fingerprint density at radius 2 is 2.00 bits per heavy atom. The van der Waals surface area contributed by atoms with E-state index in [9.17, 15) is 0 Å². The topological polar surface area (TPSA) is 26.0 Å². The minimum Gasteiger partial charge on any atom is -0.321 e. The molecule has 1 nitrogen and oxygen atoms in total. The summed E-state index contributed by atoms with van der Waals surface area (Å²) in [5.41, 5.74) is 6.05. The molecule has 1 aromatic heterocycles. The molecule has 1 heterocycles. The van der Waals surface area contributed by atoms with Crippen LogP contribution in [0, 0.1) is 0 Å². The summed E-state index contributed by atoms with van der Waals surface area (Å²) in [5, 5.41) is 2.01. The SMILES string of the molecule is NC1(c2sc3ccccc3c2Cl)CC1. The van der Waals surface area contributed by atoms with Gasteiger partial charge in [-0.1, -0.05) is 29.8 Å². The molecule has 2 N–H and O–H groups in total.